The van der Waals surface area contributed by atoms with Crippen LogP contribution in [0.3, 0.4) is 0 Å². The minimum atomic E-state index is -1.53. The van der Waals surface area contributed by atoms with E-state index < -0.39 is 126 Å². The summed E-state index contributed by atoms with van der Waals surface area (Å²) in [5, 5.41) is 40.9. The standard InChI is InChI=1S/C48H79N9O12S/c1-7-31(17-20-70-6)44(66)57-42(29(5)58)40(62)25-34(26-41(63)64)47(69)55-36(11-8-9-18-49)39(61)24-33(22-30-13-15-35(59)16-14-30)46(68)56-37(12-10-19-53-48(51)52)38(60)23-32(21-27(2)3)45(67)54-28(4)43(50)65/h13-16,27-29,31-34,36-37,42,58-59H,7-12,17-26,49H2,1-6H3,(H2,50,65)(H,54,67)(H,55,69)(H,56,68)(H,57,66)(H,63,64)(H4,51,52,53)/t28-,29+,31-,32+,33+,34-,36-,37-,42-/m0/s1. The van der Waals surface area contributed by atoms with Crippen LogP contribution < -0.4 is 44.2 Å². The summed E-state index contributed by atoms with van der Waals surface area (Å²) in [6.45, 7) is 8.55. The summed E-state index contributed by atoms with van der Waals surface area (Å²) in [6.07, 6.45) is 0.285. The Kier molecular flexibility index (Phi) is 29.5. The van der Waals surface area contributed by atoms with Gasteiger partial charge in [0.15, 0.2) is 23.3 Å². The van der Waals surface area contributed by atoms with E-state index in [4.69, 9.17) is 22.9 Å². The van der Waals surface area contributed by atoms with Crippen LogP contribution in [0.25, 0.3) is 0 Å². The van der Waals surface area contributed by atoms with Crippen LogP contribution in [0, 0.1) is 29.6 Å². The number of primary amides is 1. The van der Waals surface area contributed by atoms with Crippen LogP contribution in [0.5, 0.6) is 5.75 Å². The van der Waals surface area contributed by atoms with Gasteiger partial charge in [-0.1, -0.05) is 32.9 Å². The van der Waals surface area contributed by atoms with Crippen LogP contribution in [0.4, 0.5) is 0 Å². The molecule has 22 heteroatoms. The van der Waals surface area contributed by atoms with Gasteiger partial charge in [-0.25, -0.2) is 0 Å². The number of nitrogens with two attached hydrogens (primary N) is 4. The van der Waals surface area contributed by atoms with Gasteiger partial charge in [-0.2, -0.15) is 11.8 Å². The molecule has 0 aliphatic heterocycles. The van der Waals surface area contributed by atoms with E-state index >= 15 is 0 Å². The molecule has 0 saturated carbocycles. The number of ketones is 3. The number of aliphatic carboxylic acids is 1. The Morgan fingerprint density at radius 2 is 1.20 bits per heavy atom. The fraction of sp³-hybridized carbons (Fsp3) is 0.667. The number of unbranched alkanes of at least 4 members (excludes halogenated alkanes) is 1. The van der Waals surface area contributed by atoms with E-state index in [0.717, 1.165) is 0 Å². The van der Waals surface area contributed by atoms with Crippen LogP contribution >= 0.6 is 11.8 Å². The molecule has 0 aromatic heterocycles. The van der Waals surface area contributed by atoms with E-state index in [9.17, 15) is 58.5 Å². The van der Waals surface area contributed by atoms with Crippen molar-refractivity contribution in [1.29, 1.82) is 0 Å². The van der Waals surface area contributed by atoms with Crippen molar-refractivity contribution < 1.29 is 58.5 Å². The van der Waals surface area contributed by atoms with E-state index in [-0.39, 0.29) is 69.2 Å². The van der Waals surface area contributed by atoms with E-state index in [1.54, 1.807) is 23.9 Å². The maximum Gasteiger partial charge on any atom is 0.304 e. The SMILES string of the molecule is CC[C@@H](CCSC)C(=O)N[C@H](C(=O)C[C@@H](CC(=O)O)C(=O)N[C@@H](CCCCN)C(=O)C[C@@H](Cc1ccc(O)cc1)C(=O)N[C@@H](CCCN=C(N)N)C(=O)C[C@@H](CC(C)C)C(=O)N[C@@H](C)C(N)=O)[C@@H](C)O. The third-order valence-corrected chi connectivity index (χ3v) is 12.4. The quantitative estimate of drug-likeness (QED) is 0.0251. The van der Waals surface area contributed by atoms with Gasteiger partial charge in [0.1, 0.15) is 17.8 Å². The second kappa shape index (κ2) is 33.1. The van der Waals surface area contributed by atoms with Crippen LogP contribution in [0.2, 0.25) is 0 Å². The molecule has 1 aromatic rings. The first kappa shape index (κ1) is 62.4. The number of nitrogens with one attached hydrogen (secondary N) is 4. The molecule has 0 heterocycles. The lowest BCUT2D eigenvalue weighted by atomic mass is 9.87. The summed E-state index contributed by atoms with van der Waals surface area (Å²) in [6, 6.07) is 0.896. The molecule has 0 radical (unpaired) electrons. The number of phenols is 1. The Labute approximate surface area is 415 Å². The van der Waals surface area contributed by atoms with Gasteiger partial charge in [0.25, 0.3) is 0 Å². The van der Waals surface area contributed by atoms with E-state index in [1.165, 1.54) is 26.0 Å². The Balaban J connectivity index is 3.64. The van der Waals surface area contributed by atoms with Crippen LogP contribution in [-0.4, -0.2) is 130 Å². The summed E-state index contributed by atoms with van der Waals surface area (Å²) in [5.41, 5.74) is 22.7. The zero-order chi connectivity index (χ0) is 53.1. The molecule has 0 bridgehead atoms. The van der Waals surface area contributed by atoms with Crippen molar-refractivity contribution in [3.63, 3.8) is 0 Å². The first-order valence-corrected chi connectivity index (χ1v) is 25.3. The number of carbonyl (C=O) groups excluding carboxylic acids is 8. The van der Waals surface area contributed by atoms with Gasteiger partial charge in [-0.15, -0.1) is 0 Å². The van der Waals surface area contributed by atoms with Crippen molar-refractivity contribution in [2.24, 2.45) is 57.5 Å². The minimum Gasteiger partial charge on any atom is -0.508 e. The average molecular weight is 1010 g/mol. The molecule has 9 atom stereocenters. The maximum absolute atomic E-state index is 14.5. The Morgan fingerprint density at radius 1 is 0.671 bits per heavy atom. The second-order valence-corrected chi connectivity index (χ2v) is 19.3. The highest BCUT2D eigenvalue weighted by atomic mass is 32.2. The van der Waals surface area contributed by atoms with Gasteiger partial charge in [0.05, 0.1) is 30.5 Å². The number of amides is 5. The molecular weight excluding hydrogens is 927 g/mol. The molecule has 0 unspecified atom stereocenters. The molecule has 1 rings (SSSR count). The van der Waals surface area contributed by atoms with E-state index in [0.29, 0.717) is 37.0 Å². The maximum atomic E-state index is 14.5. The molecule has 0 aliphatic carbocycles. The first-order valence-electron chi connectivity index (χ1n) is 23.9. The molecule has 0 saturated heterocycles. The van der Waals surface area contributed by atoms with Crippen LogP contribution in [-0.2, 0) is 49.6 Å². The number of carboxylic acids is 1. The summed E-state index contributed by atoms with van der Waals surface area (Å²) < 4.78 is 0. The van der Waals surface area contributed by atoms with Crippen molar-refractivity contribution in [3.05, 3.63) is 29.8 Å². The number of aliphatic hydroxyl groups is 1. The average Bonchev–Trinajstić information content (AvgIpc) is 3.28. The number of rotatable bonds is 37. The molecule has 0 fully saturated rings. The predicted molar refractivity (Wildman–Crippen MR) is 267 cm³/mol. The summed E-state index contributed by atoms with van der Waals surface area (Å²) in [4.78, 5) is 125. The number of benzene rings is 1. The molecular formula is C48H79N9O12S. The van der Waals surface area contributed by atoms with Gasteiger partial charge < -0.3 is 59.5 Å². The van der Waals surface area contributed by atoms with Crippen molar-refractivity contribution >= 4 is 70.6 Å². The zero-order valence-corrected chi connectivity index (χ0v) is 42.4. The van der Waals surface area contributed by atoms with Crippen molar-refractivity contribution in [2.45, 2.75) is 148 Å². The number of aliphatic hydroxyl groups excluding tert-OH is 1. The summed E-state index contributed by atoms with van der Waals surface area (Å²) in [5.74, 6) is -10.6. The molecule has 21 nitrogen and oxygen atoms in total. The van der Waals surface area contributed by atoms with Crippen LogP contribution in [0.15, 0.2) is 29.3 Å². The number of aliphatic imine (C=N–C) groups is 1. The van der Waals surface area contributed by atoms with Gasteiger partial charge >= 0.3 is 5.97 Å². The van der Waals surface area contributed by atoms with Gasteiger partial charge in [0, 0.05) is 43.6 Å². The van der Waals surface area contributed by atoms with Gasteiger partial charge in [-0.05, 0) is 114 Å². The summed E-state index contributed by atoms with van der Waals surface area (Å²) >= 11 is 1.54. The van der Waals surface area contributed by atoms with Crippen molar-refractivity contribution in [3.8, 4) is 5.75 Å². The lowest BCUT2D eigenvalue weighted by Gasteiger charge is -2.27. The third kappa shape index (κ3) is 24.3. The fourth-order valence-corrected chi connectivity index (χ4v) is 8.28. The number of guanidine groups is 1. The van der Waals surface area contributed by atoms with Crippen LogP contribution in [0.1, 0.15) is 117 Å². The molecule has 70 heavy (non-hydrogen) atoms. The Bertz CT molecular complexity index is 1910. The normalized spacial score (nSPS) is 15.1. The predicted octanol–water partition coefficient (Wildman–Crippen LogP) is 0.969. The number of phenolic OH excluding ortho intramolecular Hbond substituents is 1. The number of aromatic hydroxyl groups is 1. The largest absolute Gasteiger partial charge is 0.508 e. The number of carboxylic acid groups (broad SMARTS) is 1. The number of Topliss-reactive ketones (excluding diaryl/α,β-unsaturated/α-hetero) is 3. The van der Waals surface area contributed by atoms with Gasteiger partial charge in [-0.3, -0.25) is 48.1 Å². The van der Waals surface area contributed by atoms with Crippen molar-refractivity contribution in [2.75, 3.05) is 25.1 Å². The highest BCUT2D eigenvalue weighted by molar-refractivity contribution is 7.98. The van der Waals surface area contributed by atoms with Gasteiger partial charge in [0.2, 0.25) is 29.5 Å². The number of hydrogen-bond donors (Lipinski definition) is 11. The lowest BCUT2D eigenvalue weighted by Crippen LogP contribution is -2.51. The smallest absolute Gasteiger partial charge is 0.304 e. The second-order valence-electron chi connectivity index (χ2n) is 18.3. The zero-order valence-electron chi connectivity index (χ0n) is 41.6. The fourth-order valence-electron chi connectivity index (χ4n) is 7.76. The number of carbonyl (C=O) groups is 9. The van der Waals surface area contributed by atoms with E-state index in [2.05, 4.69) is 26.3 Å². The molecule has 15 N–H and O–H groups in total. The highest BCUT2D eigenvalue weighted by Gasteiger charge is 2.36. The third-order valence-electron chi connectivity index (χ3n) is 11.8. The topological polar surface area (TPSA) is 379 Å². The lowest BCUT2D eigenvalue weighted by molar-refractivity contribution is -0.143. The molecule has 1 aromatic carbocycles. The number of nitrogens with zero attached hydrogens (tertiary/aromatic N) is 1. The van der Waals surface area contributed by atoms with E-state index in [1.807, 2.05) is 27.0 Å². The monoisotopic (exact) mass is 1010 g/mol. The molecule has 394 valence electrons. The number of thioether (sulfide) groups is 1. The highest BCUT2D eigenvalue weighted by Crippen LogP contribution is 2.23. The van der Waals surface area contributed by atoms with Crippen molar-refractivity contribution in [1.82, 2.24) is 21.3 Å². The molecule has 0 spiro atoms. The Hall–Kier alpha value is -5.61. The molecule has 5 amide bonds. The summed E-state index contributed by atoms with van der Waals surface area (Å²) in [7, 11) is 0. The minimum absolute atomic E-state index is 0.0173. The Morgan fingerprint density at radius 3 is 1.70 bits per heavy atom. The number of hydrogen-bond acceptors (Lipinski definition) is 14. The first-order chi connectivity index (χ1) is 32.9. The molecule has 0 aliphatic rings.